The smallest absolute Gasteiger partial charge is 0.328 e. The quantitative estimate of drug-likeness (QED) is 0.766. The molecule has 0 saturated carbocycles. The molecule has 0 aromatic heterocycles. The number of nitrogens with one attached hydrogen (secondary N) is 1. The van der Waals surface area contributed by atoms with E-state index in [4.69, 9.17) is 5.11 Å². The molecule has 5 heteroatoms. The first-order chi connectivity index (χ1) is 7.49. The molecular formula is C11H10FNO3. The van der Waals surface area contributed by atoms with Crippen LogP contribution < -0.4 is 5.32 Å². The topological polar surface area (TPSA) is 66.4 Å². The first kappa shape index (κ1) is 11.9. The molecule has 16 heavy (non-hydrogen) atoms. The number of hydrogen-bond donors (Lipinski definition) is 2. The summed E-state index contributed by atoms with van der Waals surface area (Å²) in [5, 5.41) is 10.6. The highest BCUT2D eigenvalue weighted by atomic mass is 19.1. The number of carbonyl (C=O) groups excluding carboxylic acids is 1. The number of rotatable bonds is 3. The molecular weight excluding hydrogens is 213 g/mol. The first-order valence-corrected chi connectivity index (χ1v) is 4.47. The Morgan fingerprint density at radius 2 is 2.06 bits per heavy atom. The lowest BCUT2D eigenvalue weighted by Gasteiger charge is -2.03. The van der Waals surface area contributed by atoms with Crippen LogP contribution in [0.5, 0.6) is 0 Å². The van der Waals surface area contributed by atoms with E-state index in [1.807, 2.05) is 0 Å². The van der Waals surface area contributed by atoms with Crippen LogP contribution in [0.25, 0.3) is 0 Å². The predicted octanol–water partition coefficient (Wildman–Crippen LogP) is 1.71. The third kappa shape index (κ3) is 3.53. The lowest BCUT2D eigenvalue weighted by molar-refractivity contribution is -0.131. The predicted molar refractivity (Wildman–Crippen MR) is 56.5 cm³/mol. The second-order valence-electron chi connectivity index (χ2n) is 3.12. The molecule has 1 amide bonds. The Bertz CT molecular complexity index is 455. The second kappa shape index (κ2) is 5.06. The minimum Gasteiger partial charge on any atom is -0.478 e. The van der Waals surface area contributed by atoms with E-state index in [2.05, 4.69) is 5.32 Å². The number of benzene rings is 1. The van der Waals surface area contributed by atoms with E-state index in [0.29, 0.717) is 11.6 Å². The number of halogens is 1. The molecule has 0 atom stereocenters. The van der Waals surface area contributed by atoms with Gasteiger partial charge in [0.2, 0.25) is 5.91 Å². The highest BCUT2D eigenvalue weighted by molar-refractivity contribution is 6.02. The highest BCUT2D eigenvalue weighted by Crippen LogP contribution is 2.13. The number of amides is 1. The van der Waals surface area contributed by atoms with Crippen LogP contribution in [0.3, 0.4) is 0 Å². The Labute approximate surface area is 91.4 Å². The maximum atomic E-state index is 13.1. The van der Waals surface area contributed by atoms with Crippen molar-refractivity contribution in [3.63, 3.8) is 0 Å². The van der Waals surface area contributed by atoms with E-state index in [1.165, 1.54) is 18.2 Å². The minimum absolute atomic E-state index is 0.281. The lowest BCUT2D eigenvalue weighted by atomic mass is 10.2. The van der Waals surface area contributed by atoms with Crippen molar-refractivity contribution in [1.82, 2.24) is 0 Å². The van der Waals surface area contributed by atoms with E-state index in [0.717, 1.165) is 6.08 Å². The van der Waals surface area contributed by atoms with Gasteiger partial charge in [-0.1, -0.05) is 6.07 Å². The molecule has 0 saturated heterocycles. The molecule has 1 aromatic carbocycles. The van der Waals surface area contributed by atoms with Crippen molar-refractivity contribution in [2.75, 3.05) is 5.32 Å². The van der Waals surface area contributed by atoms with Gasteiger partial charge in [-0.25, -0.2) is 9.18 Å². The van der Waals surface area contributed by atoms with Crippen molar-refractivity contribution in [2.45, 2.75) is 6.92 Å². The normalized spacial score (nSPS) is 10.4. The van der Waals surface area contributed by atoms with E-state index < -0.39 is 17.7 Å². The van der Waals surface area contributed by atoms with Crippen LogP contribution in [0.1, 0.15) is 5.56 Å². The molecule has 0 bridgehead atoms. The Kier molecular flexibility index (Phi) is 3.77. The number of carbonyl (C=O) groups is 2. The van der Waals surface area contributed by atoms with Gasteiger partial charge in [0.25, 0.3) is 0 Å². The average molecular weight is 223 g/mol. The molecule has 0 heterocycles. The van der Waals surface area contributed by atoms with Gasteiger partial charge in [0.15, 0.2) is 0 Å². The average Bonchev–Trinajstić information content (AvgIpc) is 2.21. The number of carboxylic acid groups (broad SMARTS) is 1. The summed E-state index contributed by atoms with van der Waals surface area (Å²) in [6, 6.07) is 4.22. The van der Waals surface area contributed by atoms with Gasteiger partial charge in [-0.15, -0.1) is 0 Å². The third-order valence-electron chi connectivity index (χ3n) is 1.82. The lowest BCUT2D eigenvalue weighted by Crippen LogP contribution is -2.08. The van der Waals surface area contributed by atoms with Crippen molar-refractivity contribution < 1.29 is 19.1 Å². The molecule has 0 aliphatic heterocycles. The maximum absolute atomic E-state index is 13.1. The summed E-state index contributed by atoms with van der Waals surface area (Å²) in [6.07, 6.45) is 1.57. The van der Waals surface area contributed by atoms with Crippen molar-refractivity contribution in [1.29, 1.82) is 0 Å². The summed E-state index contributed by atoms with van der Waals surface area (Å²) in [6.45, 7) is 1.60. The fraction of sp³-hybridized carbons (Fsp3) is 0.0909. The number of aryl methyl sites for hydroxylation is 1. The number of hydrogen-bond acceptors (Lipinski definition) is 2. The third-order valence-corrected chi connectivity index (χ3v) is 1.82. The summed E-state index contributed by atoms with van der Waals surface area (Å²) in [7, 11) is 0. The molecule has 0 aliphatic rings. The zero-order chi connectivity index (χ0) is 12.1. The number of anilines is 1. The van der Waals surface area contributed by atoms with Gasteiger partial charge >= 0.3 is 5.97 Å². The van der Waals surface area contributed by atoms with Gasteiger partial charge in [-0.3, -0.25) is 4.79 Å². The fourth-order valence-electron chi connectivity index (χ4n) is 1.00. The number of carboxylic acids is 1. The molecule has 1 rings (SSSR count). The van der Waals surface area contributed by atoms with Crippen LogP contribution in [-0.2, 0) is 9.59 Å². The molecule has 0 aliphatic carbocycles. The monoisotopic (exact) mass is 223 g/mol. The van der Waals surface area contributed by atoms with Crippen LogP contribution in [0, 0.1) is 12.7 Å². The fourth-order valence-corrected chi connectivity index (χ4v) is 1.00. The summed E-state index contributed by atoms with van der Waals surface area (Å²) in [5.74, 6) is -2.27. The molecule has 0 radical (unpaired) electrons. The Hall–Kier alpha value is -2.17. The highest BCUT2D eigenvalue weighted by Gasteiger charge is 2.02. The molecule has 1 aromatic rings. The zero-order valence-electron chi connectivity index (χ0n) is 8.53. The van der Waals surface area contributed by atoms with Gasteiger partial charge in [0.1, 0.15) is 5.82 Å². The van der Waals surface area contributed by atoms with Crippen molar-refractivity contribution in [2.24, 2.45) is 0 Å². The first-order valence-electron chi connectivity index (χ1n) is 4.47. The van der Waals surface area contributed by atoms with E-state index >= 15 is 0 Å². The van der Waals surface area contributed by atoms with Crippen LogP contribution in [0.4, 0.5) is 10.1 Å². The van der Waals surface area contributed by atoms with Gasteiger partial charge in [0.05, 0.1) is 0 Å². The molecule has 2 N–H and O–H groups in total. The Balaban J connectivity index is 2.70. The van der Waals surface area contributed by atoms with Crippen LogP contribution in [0.15, 0.2) is 30.4 Å². The Morgan fingerprint density at radius 3 is 2.62 bits per heavy atom. The Morgan fingerprint density at radius 1 is 1.38 bits per heavy atom. The molecule has 0 fully saturated rings. The van der Waals surface area contributed by atoms with Crippen LogP contribution >= 0.6 is 0 Å². The van der Waals surface area contributed by atoms with E-state index in [-0.39, 0.29) is 5.69 Å². The van der Waals surface area contributed by atoms with Gasteiger partial charge < -0.3 is 10.4 Å². The summed E-state index contributed by atoms with van der Waals surface area (Å²) in [5.41, 5.74) is 0.752. The van der Waals surface area contributed by atoms with Crippen LogP contribution in [-0.4, -0.2) is 17.0 Å². The molecule has 0 unspecified atom stereocenters. The second-order valence-corrected chi connectivity index (χ2v) is 3.12. The number of aliphatic carboxylic acids is 1. The molecule has 0 spiro atoms. The summed E-state index contributed by atoms with van der Waals surface area (Å²) >= 11 is 0. The summed E-state index contributed by atoms with van der Waals surface area (Å²) < 4.78 is 13.1. The molecule has 4 nitrogen and oxygen atoms in total. The zero-order valence-corrected chi connectivity index (χ0v) is 8.53. The molecule has 84 valence electrons. The minimum atomic E-state index is -1.22. The van der Waals surface area contributed by atoms with Crippen molar-refractivity contribution in [3.05, 3.63) is 41.7 Å². The van der Waals surface area contributed by atoms with E-state index in [9.17, 15) is 14.0 Å². The van der Waals surface area contributed by atoms with Gasteiger partial charge in [-0.2, -0.15) is 0 Å². The van der Waals surface area contributed by atoms with Gasteiger partial charge in [0, 0.05) is 17.8 Å². The maximum Gasteiger partial charge on any atom is 0.328 e. The standard InChI is InChI=1S/C11H10FNO3/c1-7-2-3-8(6-9(7)12)13-10(14)4-5-11(15)16/h2-6H,1H3,(H,13,14)(H,15,16). The SMILES string of the molecule is Cc1ccc(NC(=O)C=CC(=O)O)cc1F. The van der Waals surface area contributed by atoms with Gasteiger partial charge in [-0.05, 0) is 24.6 Å². The van der Waals surface area contributed by atoms with Crippen LogP contribution in [0.2, 0.25) is 0 Å². The van der Waals surface area contributed by atoms with Crippen molar-refractivity contribution in [3.8, 4) is 0 Å². The van der Waals surface area contributed by atoms with Crippen molar-refractivity contribution >= 4 is 17.6 Å². The summed E-state index contributed by atoms with van der Waals surface area (Å²) in [4.78, 5) is 21.3. The largest absolute Gasteiger partial charge is 0.478 e. The van der Waals surface area contributed by atoms with E-state index in [1.54, 1.807) is 6.92 Å².